The van der Waals surface area contributed by atoms with Gasteiger partial charge in [0.1, 0.15) is 5.75 Å². The maximum absolute atomic E-state index is 11.9. The molecule has 0 saturated carbocycles. The van der Waals surface area contributed by atoms with Gasteiger partial charge in [0.25, 0.3) is 5.69 Å². The Balaban J connectivity index is 2.06. The maximum atomic E-state index is 11.9. The molecule has 1 amide bonds. The summed E-state index contributed by atoms with van der Waals surface area (Å²) in [5.74, 6) is 0.233. The minimum Gasteiger partial charge on any atom is -0.410 e. The van der Waals surface area contributed by atoms with Gasteiger partial charge in [0, 0.05) is 25.4 Å². The second-order valence-electron chi connectivity index (χ2n) is 3.89. The summed E-state index contributed by atoms with van der Waals surface area (Å²) in [6.45, 7) is 0. The lowest BCUT2D eigenvalue weighted by Gasteiger charge is -2.16. The van der Waals surface area contributed by atoms with Crippen LogP contribution >= 0.6 is 0 Å². The van der Waals surface area contributed by atoms with Crippen molar-refractivity contribution in [3.8, 4) is 5.75 Å². The number of carbonyl (C=O) groups is 1. The molecule has 0 saturated heterocycles. The first-order valence-electron chi connectivity index (χ1n) is 5.68. The summed E-state index contributed by atoms with van der Waals surface area (Å²) in [6, 6.07) is 8.69. The Morgan fingerprint density at radius 3 is 2.55 bits per heavy atom. The summed E-state index contributed by atoms with van der Waals surface area (Å²) in [5, 5.41) is 10.5. The minimum atomic E-state index is -0.605. The number of amides is 1. The van der Waals surface area contributed by atoms with Crippen LogP contribution in [0.4, 0.5) is 16.2 Å². The number of hydrogen-bond acceptors (Lipinski definition) is 5. The summed E-state index contributed by atoms with van der Waals surface area (Å²) >= 11 is 0. The number of nitro benzene ring substituents is 1. The Hall–Kier alpha value is -2.96. The molecule has 7 heteroatoms. The molecule has 0 N–H and O–H groups in total. The van der Waals surface area contributed by atoms with E-state index in [1.165, 1.54) is 35.4 Å². The third-order valence-electron chi connectivity index (χ3n) is 2.56. The van der Waals surface area contributed by atoms with Gasteiger partial charge in [-0.1, -0.05) is 0 Å². The fourth-order valence-corrected chi connectivity index (χ4v) is 1.46. The zero-order valence-electron chi connectivity index (χ0n) is 10.6. The molecule has 0 fully saturated rings. The molecule has 0 bridgehead atoms. The van der Waals surface area contributed by atoms with Crippen LogP contribution < -0.4 is 9.64 Å². The fraction of sp³-hybridized carbons (Fsp3) is 0.0769. The first-order chi connectivity index (χ1) is 9.58. The van der Waals surface area contributed by atoms with Gasteiger partial charge in [0.2, 0.25) is 0 Å². The Bertz CT molecular complexity index is 613. The number of nitrogens with zero attached hydrogens (tertiary/aromatic N) is 3. The molecule has 2 rings (SSSR count). The van der Waals surface area contributed by atoms with Crippen molar-refractivity contribution in [2.75, 3.05) is 11.9 Å². The number of benzene rings is 1. The molecule has 1 aromatic heterocycles. The number of rotatable bonds is 3. The highest BCUT2D eigenvalue weighted by Crippen LogP contribution is 2.19. The number of pyridine rings is 1. The molecule has 1 heterocycles. The summed E-state index contributed by atoms with van der Waals surface area (Å²) in [6.07, 6.45) is 2.52. The molecule has 0 aliphatic carbocycles. The predicted molar refractivity (Wildman–Crippen MR) is 71.8 cm³/mol. The van der Waals surface area contributed by atoms with Crippen LogP contribution in [0.5, 0.6) is 5.75 Å². The summed E-state index contributed by atoms with van der Waals surface area (Å²) in [4.78, 5) is 27.1. The zero-order chi connectivity index (χ0) is 14.5. The van der Waals surface area contributed by atoms with Crippen LogP contribution in [0.3, 0.4) is 0 Å². The summed E-state index contributed by atoms with van der Waals surface area (Å²) in [7, 11) is 1.55. The Morgan fingerprint density at radius 1 is 1.30 bits per heavy atom. The van der Waals surface area contributed by atoms with Crippen LogP contribution in [0.2, 0.25) is 0 Å². The number of anilines is 1. The van der Waals surface area contributed by atoms with Gasteiger partial charge in [-0.15, -0.1) is 0 Å². The smallest absolute Gasteiger partial charge is 0.410 e. The standard InChI is InChI=1S/C13H11N3O4/c1-15(11-3-2-8-14-9-11)13(17)20-12-6-4-10(5-7-12)16(18)19/h2-9H,1H3. The number of ether oxygens (including phenoxy) is 1. The highest BCUT2D eigenvalue weighted by Gasteiger charge is 2.14. The average molecular weight is 273 g/mol. The molecule has 20 heavy (non-hydrogen) atoms. The van der Waals surface area contributed by atoms with Gasteiger partial charge in [-0.2, -0.15) is 0 Å². The van der Waals surface area contributed by atoms with Crippen LogP contribution in [0, 0.1) is 10.1 Å². The van der Waals surface area contributed by atoms with Crippen LogP contribution in [-0.4, -0.2) is 23.0 Å². The molecule has 7 nitrogen and oxygen atoms in total. The van der Waals surface area contributed by atoms with Crippen molar-refractivity contribution in [3.05, 3.63) is 58.9 Å². The SMILES string of the molecule is CN(C(=O)Oc1ccc([N+](=O)[O-])cc1)c1cccnc1. The third kappa shape index (κ3) is 3.08. The number of hydrogen-bond donors (Lipinski definition) is 0. The highest BCUT2D eigenvalue weighted by molar-refractivity contribution is 5.88. The lowest BCUT2D eigenvalue weighted by molar-refractivity contribution is -0.384. The van der Waals surface area contributed by atoms with E-state index < -0.39 is 11.0 Å². The summed E-state index contributed by atoms with van der Waals surface area (Å²) < 4.78 is 5.10. The maximum Gasteiger partial charge on any atom is 0.419 e. The van der Waals surface area contributed by atoms with Crippen molar-refractivity contribution in [3.63, 3.8) is 0 Å². The topological polar surface area (TPSA) is 85.6 Å². The van der Waals surface area contributed by atoms with Crippen molar-refractivity contribution < 1.29 is 14.5 Å². The lowest BCUT2D eigenvalue weighted by Crippen LogP contribution is -2.29. The molecule has 0 atom stereocenters. The fourth-order valence-electron chi connectivity index (χ4n) is 1.46. The molecule has 102 valence electrons. The minimum absolute atomic E-state index is 0.0644. The van der Waals surface area contributed by atoms with E-state index in [0.29, 0.717) is 5.69 Å². The van der Waals surface area contributed by atoms with Crippen LogP contribution in [0.15, 0.2) is 48.8 Å². The normalized spacial score (nSPS) is 9.85. The summed E-state index contributed by atoms with van der Waals surface area (Å²) in [5.41, 5.74) is 0.518. The molecule has 2 aromatic rings. The van der Waals surface area contributed by atoms with E-state index in [1.54, 1.807) is 25.4 Å². The van der Waals surface area contributed by atoms with E-state index in [0.717, 1.165) is 0 Å². The van der Waals surface area contributed by atoms with Crippen LogP contribution in [0.1, 0.15) is 0 Å². The van der Waals surface area contributed by atoms with Gasteiger partial charge >= 0.3 is 6.09 Å². The molecule has 0 spiro atoms. The third-order valence-corrected chi connectivity index (χ3v) is 2.56. The van der Waals surface area contributed by atoms with E-state index in [2.05, 4.69) is 4.98 Å². The highest BCUT2D eigenvalue weighted by atomic mass is 16.6. The molecule has 1 aromatic carbocycles. The number of carbonyl (C=O) groups excluding carboxylic acids is 1. The quantitative estimate of drug-likeness (QED) is 0.633. The van der Waals surface area contributed by atoms with E-state index >= 15 is 0 Å². The van der Waals surface area contributed by atoms with Crippen molar-refractivity contribution >= 4 is 17.5 Å². The average Bonchev–Trinajstić information content (AvgIpc) is 2.48. The molecule has 0 aliphatic heterocycles. The van der Waals surface area contributed by atoms with Gasteiger partial charge in [-0.25, -0.2) is 4.79 Å². The largest absolute Gasteiger partial charge is 0.419 e. The Kier molecular flexibility index (Phi) is 3.90. The number of aromatic nitrogens is 1. The van der Waals surface area contributed by atoms with Gasteiger partial charge in [-0.3, -0.25) is 20.0 Å². The monoisotopic (exact) mass is 273 g/mol. The van der Waals surface area contributed by atoms with Gasteiger partial charge in [0.15, 0.2) is 0 Å². The first kappa shape index (κ1) is 13.5. The zero-order valence-corrected chi connectivity index (χ0v) is 10.6. The lowest BCUT2D eigenvalue weighted by atomic mass is 10.3. The van der Waals surface area contributed by atoms with Crippen molar-refractivity contribution in [2.45, 2.75) is 0 Å². The van der Waals surface area contributed by atoms with Crippen molar-refractivity contribution in [2.24, 2.45) is 0 Å². The predicted octanol–water partition coefficient (Wildman–Crippen LogP) is 2.63. The number of non-ortho nitro benzene ring substituents is 1. The van der Waals surface area contributed by atoms with Crippen LogP contribution in [0.25, 0.3) is 0 Å². The first-order valence-corrected chi connectivity index (χ1v) is 5.68. The van der Waals surface area contributed by atoms with Gasteiger partial charge in [0.05, 0.1) is 16.8 Å². The molecular formula is C13H11N3O4. The number of nitro groups is 1. The van der Waals surface area contributed by atoms with E-state index in [1.807, 2.05) is 0 Å². The van der Waals surface area contributed by atoms with Crippen molar-refractivity contribution in [1.82, 2.24) is 4.98 Å². The van der Waals surface area contributed by atoms with Crippen LogP contribution in [-0.2, 0) is 0 Å². The molecule has 0 radical (unpaired) electrons. The second-order valence-corrected chi connectivity index (χ2v) is 3.89. The van der Waals surface area contributed by atoms with Crippen molar-refractivity contribution in [1.29, 1.82) is 0 Å². The van der Waals surface area contributed by atoms with E-state index in [9.17, 15) is 14.9 Å². The second kappa shape index (κ2) is 5.79. The molecular weight excluding hydrogens is 262 g/mol. The Morgan fingerprint density at radius 2 is 2.00 bits per heavy atom. The van der Waals surface area contributed by atoms with E-state index in [-0.39, 0.29) is 11.4 Å². The molecule has 0 unspecified atom stereocenters. The van der Waals surface area contributed by atoms with Gasteiger partial charge in [-0.05, 0) is 24.3 Å². The molecule has 0 aliphatic rings. The van der Waals surface area contributed by atoms with E-state index in [4.69, 9.17) is 4.74 Å². The Labute approximate surface area is 114 Å². The van der Waals surface area contributed by atoms with Gasteiger partial charge < -0.3 is 4.74 Å².